The Kier molecular flexibility index (Phi) is 10.3. The zero-order valence-corrected chi connectivity index (χ0v) is 13.8. The van der Waals surface area contributed by atoms with Crippen molar-refractivity contribution in [2.45, 2.75) is 6.92 Å². The van der Waals surface area contributed by atoms with Crippen molar-refractivity contribution in [3.8, 4) is 0 Å². The minimum Gasteiger partial charge on any atom is -0.355 e. The Bertz CT molecular complexity index is 261. The van der Waals surface area contributed by atoms with Crippen molar-refractivity contribution in [3.63, 3.8) is 0 Å². The molecule has 0 aromatic rings. The summed E-state index contributed by atoms with van der Waals surface area (Å²) in [6, 6.07) is 0. The Balaban J connectivity index is 0.00000162. The van der Waals surface area contributed by atoms with Gasteiger partial charge in [0.05, 0.1) is 0 Å². The smallest absolute Gasteiger partial charge is 0.223 e. The van der Waals surface area contributed by atoms with E-state index in [4.69, 9.17) is 0 Å². The molecule has 2 N–H and O–H groups in total. The van der Waals surface area contributed by atoms with E-state index in [0.717, 1.165) is 26.2 Å². The lowest BCUT2D eigenvalue weighted by Crippen LogP contribution is -2.50. The molecule has 0 aromatic carbocycles. The third kappa shape index (κ3) is 6.08. The average molecular weight is 330 g/mol. The van der Waals surface area contributed by atoms with Gasteiger partial charge in [0.1, 0.15) is 0 Å². The normalized spacial score (nSPS) is 21.5. The molecule has 0 aromatic heterocycles. The SMILES string of the molecule is CC(C(=O)NCCN1CCSCC1)C1CNC1.Cl.Cl. The third-order valence-corrected chi connectivity index (χ3v) is 4.71. The van der Waals surface area contributed by atoms with Crippen LogP contribution in [0.25, 0.3) is 0 Å². The zero-order valence-electron chi connectivity index (χ0n) is 11.4. The first-order chi connectivity index (χ1) is 8.27. The molecule has 2 aliphatic rings. The van der Waals surface area contributed by atoms with E-state index in [0.29, 0.717) is 5.92 Å². The highest BCUT2D eigenvalue weighted by Crippen LogP contribution is 2.15. The highest BCUT2D eigenvalue weighted by Gasteiger charge is 2.28. The highest BCUT2D eigenvalue weighted by atomic mass is 35.5. The van der Waals surface area contributed by atoms with Gasteiger partial charge in [-0.05, 0) is 19.0 Å². The summed E-state index contributed by atoms with van der Waals surface area (Å²) < 4.78 is 0. The summed E-state index contributed by atoms with van der Waals surface area (Å²) in [5.41, 5.74) is 0. The fourth-order valence-corrected chi connectivity index (χ4v) is 3.18. The van der Waals surface area contributed by atoms with E-state index < -0.39 is 0 Å². The molecule has 0 saturated carbocycles. The molecule has 0 bridgehead atoms. The molecular formula is C12H25Cl2N3OS. The van der Waals surface area contributed by atoms with Crippen LogP contribution in [0.1, 0.15) is 6.92 Å². The topological polar surface area (TPSA) is 44.4 Å². The summed E-state index contributed by atoms with van der Waals surface area (Å²) in [5.74, 6) is 3.40. The van der Waals surface area contributed by atoms with Crippen LogP contribution < -0.4 is 10.6 Å². The van der Waals surface area contributed by atoms with E-state index in [1.165, 1.54) is 24.6 Å². The molecule has 1 amide bonds. The molecule has 0 aliphatic carbocycles. The van der Waals surface area contributed by atoms with Crippen molar-refractivity contribution in [3.05, 3.63) is 0 Å². The van der Waals surface area contributed by atoms with Gasteiger partial charge >= 0.3 is 0 Å². The molecule has 2 saturated heterocycles. The minimum atomic E-state index is 0. The number of nitrogens with one attached hydrogen (secondary N) is 2. The van der Waals surface area contributed by atoms with Gasteiger partial charge in [-0.2, -0.15) is 11.8 Å². The second-order valence-electron chi connectivity index (χ2n) is 4.95. The number of carbonyl (C=O) groups is 1. The molecular weight excluding hydrogens is 305 g/mol. The molecule has 2 aliphatic heterocycles. The lowest BCUT2D eigenvalue weighted by molar-refractivity contribution is -0.126. The first-order valence-electron chi connectivity index (χ1n) is 6.56. The maximum absolute atomic E-state index is 11.9. The second kappa shape index (κ2) is 10.1. The van der Waals surface area contributed by atoms with Gasteiger partial charge in [-0.3, -0.25) is 9.69 Å². The Hall–Kier alpha value is 0.320. The van der Waals surface area contributed by atoms with Crippen LogP contribution in [-0.2, 0) is 4.79 Å². The lowest BCUT2D eigenvalue weighted by atomic mass is 9.88. The molecule has 2 fully saturated rings. The molecule has 1 atom stereocenters. The fourth-order valence-electron chi connectivity index (χ4n) is 2.20. The monoisotopic (exact) mass is 329 g/mol. The zero-order chi connectivity index (χ0) is 12.1. The number of amides is 1. The van der Waals surface area contributed by atoms with Crippen LogP contribution in [0.15, 0.2) is 0 Å². The highest BCUT2D eigenvalue weighted by molar-refractivity contribution is 7.99. The van der Waals surface area contributed by atoms with Gasteiger partial charge in [-0.1, -0.05) is 6.92 Å². The minimum absolute atomic E-state index is 0. The van der Waals surface area contributed by atoms with Gasteiger partial charge in [-0.25, -0.2) is 0 Å². The van der Waals surface area contributed by atoms with Gasteiger partial charge in [0, 0.05) is 43.6 Å². The quantitative estimate of drug-likeness (QED) is 0.785. The maximum Gasteiger partial charge on any atom is 0.223 e. The molecule has 1 unspecified atom stereocenters. The average Bonchev–Trinajstić information content (AvgIpc) is 2.28. The van der Waals surface area contributed by atoms with E-state index >= 15 is 0 Å². The van der Waals surface area contributed by atoms with Crippen LogP contribution in [0.3, 0.4) is 0 Å². The predicted molar refractivity (Wildman–Crippen MR) is 86.8 cm³/mol. The summed E-state index contributed by atoms with van der Waals surface area (Å²) >= 11 is 2.02. The Morgan fingerprint density at radius 1 is 1.37 bits per heavy atom. The van der Waals surface area contributed by atoms with E-state index in [9.17, 15) is 4.79 Å². The predicted octanol–water partition coefficient (Wildman–Crippen LogP) is 0.851. The van der Waals surface area contributed by atoms with Gasteiger partial charge in [0.2, 0.25) is 5.91 Å². The maximum atomic E-state index is 11.9. The molecule has 7 heteroatoms. The van der Waals surface area contributed by atoms with Crippen molar-refractivity contribution in [1.29, 1.82) is 0 Å². The summed E-state index contributed by atoms with van der Waals surface area (Å²) in [5, 5.41) is 6.28. The van der Waals surface area contributed by atoms with Crippen LogP contribution in [0.2, 0.25) is 0 Å². The van der Waals surface area contributed by atoms with Crippen LogP contribution >= 0.6 is 36.6 Å². The molecule has 2 rings (SSSR count). The van der Waals surface area contributed by atoms with Gasteiger partial charge in [-0.15, -0.1) is 24.8 Å². The van der Waals surface area contributed by atoms with Gasteiger partial charge < -0.3 is 10.6 Å². The van der Waals surface area contributed by atoms with Crippen molar-refractivity contribution in [2.75, 3.05) is 50.8 Å². The first-order valence-corrected chi connectivity index (χ1v) is 7.71. The Labute approximate surface area is 132 Å². The van der Waals surface area contributed by atoms with Crippen molar-refractivity contribution < 1.29 is 4.79 Å². The van der Waals surface area contributed by atoms with Gasteiger partial charge in [0.25, 0.3) is 0 Å². The van der Waals surface area contributed by atoms with Crippen LogP contribution in [0.5, 0.6) is 0 Å². The summed E-state index contributed by atoms with van der Waals surface area (Å²) in [6.07, 6.45) is 0. The molecule has 114 valence electrons. The van der Waals surface area contributed by atoms with Crippen molar-refractivity contribution >= 4 is 42.5 Å². The lowest BCUT2D eigenvalue weighted by Gasteiger charge is -2.32. The number of hydrogen-bond acceptors (Lipinski definition) is 4. The van der Waals surface area contributed by atoms with Gasteiger partial charge in [0.15, 0.2) is 0 Å². The molecule has 0 spiro atoms. The summed E-state index contributed by atoms with van der Waals surface area (Å²) in [4.78, 5) is 14.3. The van der Waals surface area contributed by atoms with E-state index in [1.54, 1.807) is 0 Å². The Morgan fingerprint density at radius 3 is 2.53 bits per heavy atom. The number of halogens is 2. The summed E-state index contributed by atoms with van der Waals surface area (Å²) in [7, 11) is 0. The largest absolute Gasteiger partial charge is 0.355 e. The first kappa shape index (κ1) is 19.3. The number of hydrogen-bond donors (Lipinski definition) is 2. The molecule has 4 nitrogen and oxygen atoms in total. The number of carbonyl (C=O) groups excluding carboxylic acids is 1. The van der Waals surface area contributed by atoms with E-state index in [-0.39, 0.29) is 36.6 Å². The number of rotatable bonds is 5. The number of thioether (sulfide) groups is 1. The number of nitrogens with zero attached hydrogens (tertiary/aromatic N) is 1. The van der Waals surface area contributed by atoms with E-state index in [1.807, 2.05) is 18.7 Å². The van der Waals surface area contributed by atoms with Crippen molar-refractivity contribution in [1.82, 2.24) is 15.5 Å². The standard InChI is InChI=1S/C12H23N3OS.2ClH/c1-10(11-8-13-9-11)12(16)14-2-3-15-4-6-17-7-5-15;;/h10-11,13H,2-9H2,1H3,(H,14,16);2*1H. The summed E-state index contributed by atoms with van der Waals surface area (Å²) in [6.45, 7) is 8.18. The van der Waals surface area contributed by atoms with Crippen molar-refractivity contribution in [2.24, 2.45) is 11.8 Å². The van der Waals surface area contributed by atoms with Crippen LogP contribution in [0.4, 0.5) is 0 Å². The van der Waals surface area contributed by atoms with E-state index in [2.05, 4.69) is 15.5 Å². The molecule has 19 heavy (non-hydrogen) atoms. The Morgan fingerprint density at radius 2 is 2.00 bits per heavy atom. The third-order valence-electron chi connectivity index (χ3n) is 3.76. The van der Waals surface area contributed by atoms with Crippen LogP contribution in [0, 0.1) is 11.8 Å². The second-order valence-corrected chi connectivity index (χ2v) is 6.18. The molecule has 2 heterocycles. The van der Waals surface area contributed by atoms with Crippen LogP contribution in [-0.4, -0.2) is 61.6 Å². The molecule has 0 radical (unpaired) electrons. The fraction of sp³-hybridized carbons (Fsp3) is 0.917.